The molecule has 5 heterocycles. The minimum atomic E-state index is -0.202. The molecular weight excluding hydrogens is 382 g/mol. The third kappa shape index (κ3) is 3.19. The van der Waals surface area contributed by atoms with Crippen LogP contribution in [0.5, 0.6) is 0 Å². The minimum absolute atomic E-state index is 0.192. The molecule has 2 aliphatic rings. The number of thiazole rings is 1. The van der Waals surface area contributed by atoms with Crippen LogP contribution in [0.25, 0.3) is 10.2 Å². The average molecular weight is 402 g/mol. The summed E-state index contributed by atoms with van der Waals surface area (Å²) in [6.07, 6.45) is 3.98. The highest BCUT2D eigenvalue weighted by Crippen LogP contribution is 2.38. The van der Waals surface area contributed by atoms with Gasteiger partial charge in [0.1, 0.15) is 12.1 Å². The zero-order valence-corrected chi connectivity index (χ0v) is 16.3. The summed E-state index contributed by atoms with van der Waals surface area (Å²) in [5.74, 6) is 1.14. The highest BCUT2D eigenvalue weighted by atomic mass is 32.1. The molecule has 9 heteroatoms. The molecule has 0 aromatic carbocycles. The summed E-state index contributed by atoms with van der Waals surface area (Å²) in [6.45, 7) is 4.12. The van der Waals surface area contributed by atoms with Crippen molar-refractivity contribution in [2.24, 2.45) is 5.41 Å². The Labute approximate surface area is 164 Å². The van der Waals surface area contributed by atoms with Crippen LogP contribution in [0.2, 0.25) is 0 Å². The summed E-state index contributed by atoms with van der Waals surface area (Å²) in [5, 5.41) is 2.04. The fourth-order valence-corrected chi connectivity index (χ4v) is 5.48. The molecule has 0 saturated carbocycles. The number of thiophene rings is 1. The third-order valence-corrected chi connectivity index (χ3v) is 6.86. The molecule has 1 atom stereocenters. The molecule has 0 aliphatic carbocycles. The number of likely N-dealkylation sites (tertiary alicyclic amines) is 1. The van der Waals surface area contributed by atoms with Gasteiger partial charge >= 0.3 is 0 Å². The van der Waals surface area contributed by atoms with Gasteiger partial charge in [0.05, 0.1) is 35.5 Å². The Morgan fingerprint density at radius 3 is 3.11 bits per heavy atom. The molecule has 0 bridgehead atoms. The van der Waals surface area contributed by atoms with Crippen molar-refractivity contribution in [2.45, 2.75) is 13.0 Å². The van der Waals surface area contributed by atoms with Crippen molar-refractivity contribution in [3.8, 4) is 0 Å². The summed E-state index contributed by atoms with van der Waals surface area (Å²) >= 11 is 3.25. The predicted octanol–water partition coefficient (Wildman–Crippen LogP) is 2.40. The molecule has 2 aliphatic heterocycles. The van der Waals surface area contributed by atoms with E-state index in [2.05, 4.69) is 19.9 Å². The first-order valence-electron chi connectivity index (χ1n) is 8.89. The standard InChI is InChI=1S/C18H19N5O2S2/c24-15-5-18(9-23(15)7-13-6-19-12-27-13)8-22(2-3-25-10-18)17-16-14(1-4-26-16)20-11-21-17/h1,4,6,11-12H,2-3,5,7-10H2. The lowest BCUT2D eigenvalue weighted by Crippen LogP contribution is -2.41. The van der Waals surface area contributed by atoms with Crippen molar-refractivity contribution in [1.29, 1.82) is 0 Å². The van der Waals surface area contributed by atoms with Crippen molar-refractivity contribution in [1.82, 2.24) is 19.9 Å². The van der Waals surface area contributed by atoms with E-state index in [0.29, 0.717) is 32.7 Å². The van der Waals surface area contributed by atoms with Gasteiger partial charge in [0.25, 0.3) is 0 Å². The van der Waals surface area contributed by atoms with Crippen LogP contribution >= 0.6 is 22.7 Å². The number of hydrogen-bond acceptors (Lipinski definition) is 8. The normalized spacial score (nSPS) is 23.5. The van der Waals surface area contributed by atoms with Crippen LogP contribution in [0.1, 0.15) is 11.3 Å². The van der Waals surface area contributed by atoms with E-state index >= 15 is 0 Å². The molecule has 7 nitrogen and oxygen atoms in total. The molecule has 0 N–H and O–H groups in total. The smallest absolute Gasteiger partial charge is 0.223 e. The van der Waals surface area contributed by atoms with E-state index in [-0.39, 0.29) is 11.3 Å². The van der Waals surface area contributed by atoms with Crippen LogP contribution in [0.15, 0.2) is 29.5 Å². The van der Waals surface area contributed by atoms with E-state index in [1.54, 1.807) is 29.0 Å². The third-order valence-electron chi connectivity index (χ3n) is 5.20. The van der Waals surface area contributed by atoms with Crippen LogP contribution in [-0.4, -0.2) is 58.6 Å². The van der Waals surface area contributed by atoms with E-state index < -0.39 is 0 Å². The van der Waals surface area contributed by atoms with Gasteiger partial charge in [-0.15, -0.1) is 22.7 Å². The van der Waals surface area contributed by atoms with E-state index in [0.717, 1.165) is 34.0 Å². The number of carbonyl (C=O) groups is 1. The van der Waals surface area contributed by atoms with Crippen molar-refractivity contribution in [2.75, 3.05) is 37.7 Å². The van der Waals surface area contributed by atoms with E-state index in [4.69, 9.17) is 4.74 Å². The maximum atomic E-state index is 12.7. The Morgan fingerprint density at radius 1 is 1.26 bits per heavy atom. The van der Waals surface area contributed by atoms with Gasteiger partial charge in [-0.3, -0.25) is 9.78 Å². The Morgan fingerprint density at radius 2 is 2.22 bits per heavy atom. The van der Waals surface area contributed by atoms with Gasteiger partial charge in [0.15, 0.2) is 0 Å². The number of hydrogen-bond donors (Lipinski definition) is 0. The monoisotopic (exact) mass is 401 g/mol. The lowest BCUT2D eigenvalue weighted by Gasteiger charge is -2.32. The van der Waals surface area contributed by atoms with Crippen LogP contribution < -0.4 is 4.90 Å². The second-order valence-electron chi connectivity index (χ2n) is 7.20. The summed E-state index contributed by atoms with van der Waals surface area (Å²) in [6, 6.07) is 2.02. The molecule has 3 aromatic rings. The predicted molar refractivity (Wildman–Crippen MR) is 105 cm³/mol. The SMILES string of the molecule is O=C1CC2(COCCN(c3ncnc4ccsc34)C2)CN1Cc1cncs1. The second-order valence-corrected chi connectivity index (χ2v) is 9.09. The maximum Gasteiger partial charge on any atom is 0.223 e. The largest absolute Gasteiger partial charge is 0.379 e. The summed E-state index contributed by atoms with van der Waals surface area (Å²) in [4.78, 5) is 31.1. The summed E-state index contributed by atoms with van der Waals surface area (Å²) in [7, 11) is 0. The van der Waals surface area contributed by atoms with E-state index in [9.17, 15) is 4.79 Å². The van der Waals surface area contributed by atoms with Gasteiger partial charge in [-0.05, 0) is 11.4 Å². The fraction of sp³-hybridized carbons (Fsp3) is 0.444. The van der Waals surface area contributed by atoms with Gasteiger partial charge in [0.2, 0.25) is 5.91 Å². The highest BCUT2D eigenvalue weighted by Gasteiger charge is 2.46. The maximum absolute atomic E-state index is 12.7. The van der Waals surface area contributed by atoms with Crippen LogP contribution in [0.3, 0.4) is 0 Å². The molecule has 1 unspecified atom stereocenters. The molecule has 1 spiro atoms. The Kier molecular flexibility index (Phi) is 4.30. The first kappa shape index (κ1) is 17.0. The minimum Gasteiger partial charge on any atom is -0.379 e. The Bertz CT molecular complexity index is 960. The van der Waals surface area contributed by atoms with Gasteiger partial charge in [0, 0.05) is 42.5 Å². The van der Waals surface area contributed by atoms with Crippen molar-refractivity contribution in [3.05, 3.63) is 34.4 Å². The lowest BCUT2D eigenvalue weighted by molar-refractivity contribution is -0.128. The van der Waals surface area contributed by atoms with E-state index in [1.165, 1.54) is 0 Å². The zero-order valence-electron chi connectivity index (χ0n) is 14.7. The number of anilines is 1. The molecule has 1 amide bonds. The number of rotatable bonds is 3. The van der Waals surface area contributed by atoms with Crippen LogP contribution in [0, 0.1) is 5.41 Å². The average Bonchev–Trinajstić information content (AvgIpc) is 3.36. The first-order valence-corrected chi connectivity index (χ1v) is 10.6. The Hall–Kier alpha value is -2.10. The quantitative estimate of drug-likeness (QED) is 0.671. The number of aromatic nitrogens is 3. The second kappa shape index (κ2) is 6.81. The number of carbonyl (C=O) groups excluding carboxylic acids is 1. The van der Waals surface area contributed by atoms with E-state index in [1.807, 2.05) is 28.1 Å². The topological polar surface area (TPSA) is 71.5 Å². The van der Waals surface area contributed by atoms with Gasteiger partial charge in [-0.1, -0.05) is 0 Å². The Balaban J connectivity index is 1.41. The van der Waals surface area contributed by atoms with Crippen molar-refractivity contribution >= 4 is 44.6 Å². The van der Waals surface area contributed by atoms with Gasteiger partial charge in [-0.2, -0.15) is 0 Å². The molecule has 3 aromatic heterocycles. The summed E-state index contributed by atoms with van der Waals surface area (Å²) in [5.41, 5.74) is 2.58. The fourth-order valence-electron chi connectivity index (χ4n) is 4.01. The van der Waals surface area contributed by atoms with Crippen molar-refractivity contribution < 1.29 is 9.53 Å². The zero-order chi connectivity index (χ0) is 18.3. The lowest BCUT2D eigenvalue weighted by atomic mass is 9.87. The molecule has 27 heavy (non-hydrogen) atoms. The highest BCUT2D eigenvalue weighted by molar-refractivity contribution is 7.17. The molecule has 0 radical (unpaired) electrons. The number of ether oxygens (including phenoxy) is 1. The first-order chi connectivity index (χ1) is 13.2. The van der Waals surface area contributed by atoms with Crippen molar-refractivity contribution in [3.63, 3.8) is 0 Å². The van der Waals surface area contributed by atoms with Crippen LogP contribution in [0.4, 0.5) is 5.82 Å². The molecule has 140 valence electrons. The van der Waals surface area contributed by atoms with Crippen LogP contribution in [-0.2, 0) is 16.1 Å². The van der Waals surface area contributed by atoms with Gasteiger partial charge in [-0.25, -0.2) is 9.97 Å². The molecular formula is C18H19N5O2S2. The molecule has 2 fully saturated rings. The molecule has 2 saturated heterocycles. The van der Waals surface area contributed by atoms with Gasteiger partial charge < -0.3 is 14.5 Å². The number of fused-ring (bicyclic) bond motifs is 1. The summed E-state index contributed by atoms with van der Waals surface area (Å²) < 4.78 is 7.04. The number of amides is 1. The molecule has 5 rings (SSSR count). The number of nitrogens with zero attached hydrogens (tertiary/aromatic N) is 5.